The van der Waals surface area contributed by atoms with Crippen LogP contribution in [0.2, 0.25) is 0 Å². The number of carbonyl (C=O) groups is 1. The lowest BCUT2D eigenvalue weighted by atomic mass is 10.2. The Morgan fingerprint density at radius 3 is 2.94 bits per heavy atom. The number of fused-ring (bicyclic) bond motifs is 1. The molecule has 0 atom stereocenters. The quantitative estimate of drug-likeness (QED) is 0.772. The van der Waals surface area contributed by atoms with E-state index in [0.717, 1.165) is 32.4 Å². The lowest BCUT2D eigenvalue weighted by Gasteiger charge is -2.18. The van der Waals surface area contributed by atoms with Gasteiger partial charge in [0.2, 0.25) is 0 Å². The number of benzene rings is 1. The van der Waals surface area contributed by atoms with Gasteiger partial charge in [-0.3, -0.25) is 4.79 Å². The van der Waals surface area contributed by atoms with Gasteiger partial charge in [-0.15, -0.1) is 0 Å². The van der Waals surface area contributed by atoms with Crippen LogP contribution in [0.3, 0.4) is 0 Å². The van der Waals surface area contributed by atoms with E-state index in [9.17, 15) is 4.79 Å². The average molecular weight is 219 g/mol. The molecule has 0 bridgehead atoms. The van der Waals surface area contributed by atoms with Crippen LogP contribution in [0.4, 0.5) is 5.69 Å². The molecule has 0 fully saturated rings. The lowest BCUT2D eigenvalue weighted by molar-refractivity contribution is -0.137. The molecule has 1 aliphatic heterocycles. The average Bonchev–Trinajstić information content (AvgIpc) is 2.68. The third-order valence-corrected chi connectivity index (χ3v) is 3.05. The summed E-state index contributed by atoms with van der Waals surface area (Å²) in [5, 5.41) is 8.55. The third kappa shape index (κ3) is 2.54. The molecule has 1 aromatic carbocycles. The van der Waals surface area contributed by atoms with Gasteiger partial charge in [-0.05, 0) is 30.9 Å². The first-order valence-electron chi connectivity index (χ1n) is 5.82. The highest BCUT2D eigenvalue weighted by atomic mass is 16.4. The molecule has 0 saturated carbocycles. The van der Waals surface area contributed by atoms with Crippen molar-refractivity contribution in [3.63, 3.8) is 0 Å². The minimum atomic E-state index is -0.693. The minimum absolute atomic E-state index is 0.287. The highest BCUT2D eigenvalue weighted by molar-refractivity contribution is 5.66. The largest absolute Gasteiger partial charge is 0.481 e. The number of anilines is 1. The second kappa shape index (κ2) is 5.01. The molecule has 0 spiro atoms. The van der Waals surface area contributed by atoms with Crippen molar-refractivity contribution in [2.75, 3.05) is 18.0 Å². The molecule has 3 heteroatoms. The highest BCUT2D eigenvalue weighted by Crippen LogP contribution is 2.27. The Balaban J connectivity index is 1.82. The topological polar surface area (TPSA) is 40.5 Å². The van der Waals surface area contributed by atoms with Crippen molar-refractivity contribution < 1.29 is 9.90 Å². The number of para-hydroxylation sites is 1. The SMILES string of the molecule is O=C(O)CCCCN1CCc2ccccc21. The molecule has 1 N–H and O–H groups in total. The van der Waals surface area contributed by atoms with Gasteiger partial charge in [-0.25, -0.2) is 0 Å². The molecule has 0 amide bonds. The molecule has 16 heavy (non-hydrogen) atoms. The third-order valence-electron chi connectivity index (χ3n) is 3.05. The number of carboxylic acids is 1. The van der Waals surface area contributed by atoms with Gasteiger partial charge in [-0.1, -0.05) is 18.2 Å². The van der Waals surface area contributed by atoms with Gasteiger partial charge in [0, 0.05) is 25.2 Å². The zero-order chi connectivity index (χ0) is 11.4. The van der Waals surface area contributed by atoms with E-state index >= 15 is 0 Å². The summed E-state index contributed by atoms with van der Waals surface area (Å²) in [6.07, 6.45) is 3.14. The van der Waals surface area contributed by atoms with E-state index in [1.807, 2.05) is 0 Å². The lowest BCUT2D eigenvalue weighted by Crippen LogP contribution is -2.21. The maximum Gasteiger partial charge on any atom is 0.303 e. The number of aliphatic carboxylic acids is 1. The first-order valence-corrected chi connectivity index (χ1v) is 5.82. The second-order valence-electron chi connectivity index (χ2n) is 4.22. The molecule has 0 saturated heterocycles. The van der Waals surface area contributed by atoms with Gasteiger partial charge in [-0.2, -0.15) is 0 Å². The molecule has 3 nitrogen and oxygen atoms in total. The van der Waals surface area contributed by atoms with Crippen molar-refractivity contribution in [1.29, 1.82) is 0 Å². The molecular weight excluding hydrogens is 202 g/mol. The Kier molecular flexibility index (Phi) is 3.44. The predicted octanol–water partition coefficient (Wildman–Crippen LogP) is 2.30. The number of unbranched alkanes of at least 4 members (excludes halogenated alkanes) is 1. The fourth-order valence-electron chi connectivity index (χ4n) is 2.22. The van der Waals surface area contributed by atoms with Crippen LogP contribution in [0.1, 0.15) is 24.8 Å². The van der Waals surface area contributed by atoms with E-state index in [1.165, 1.54) is 11.3 Å². The number of carboxylic acid groups (broad SMARTS) is 1. The van der Waals surface area contributed by atoms with Crippen molar-refractivity contribution >= 4 is 11.7 Å². The monoisotopic (exact) mass is 219 g/mol. The fraction of sp³-hybridized carbons (Fsp3) is 0.462. The standard InChI is InChI=1S/C13H17NO2/c15-13(16)7-3-4-9-14-10-8-11-5-1-2-6-12(11)14/h1-2,5-6H,3-4,7-10H2,(H,15,16). The maximum absolute atomic E-state index is 10.4. The van der Waals surface area contributed by atoms with Crippen molar-refractivity contribution in [1.82, 2.24) is 0 Å². The number of rotatable bonds is 5. The molecule has 2 rings (SSSR count). The molecule has 0 aromatic heterocycles. The van der Waals surface area contributed by atoms with Gasteiger partial charge < -0.3 is 10.0 Å². The molecule has 1 aromatic rings. The molecule has 0 unspecified atom stereocenters. The van der Waals surface area contributed by atoms with Crippen molar-refractivity contribution in [2.24, 2.45) is 0 Å². The van der Waals surface area contributed by atoms with E-state index in [4.69, 9.17) is 5.11 Å². The smallest absolute Gasteiger partial charge is 0.303 e. The van der Waals surface area contributed by atoms with Gasteiger partial charge in [0.1, 0.15) is 0 Å². The van der Waals surface area contributed by atoms with Crippen LogP contribution >= 0.6 is 0 Å². The summed E-state index contributed by atoms with van der Waals surface area (Å²) < 4.78 is 0. The molecule has 1 heterocycles. The van der Waals surface area contributed by atoms with Crippen LogP contribution in [-0.2, 0) is 11.2 Å². The molecular formula is C13H17NO2. The molecule has 86 valence electrons. The molecule has 1 aliphatic rings. The Hall–Kier alpha value is -1.51. The number of nitrogens with zero attached hydrogens (tertiary/aromatic N) is 1. The first kappa shape index (κ1) is 11.0. The molecule has 0 radical (unpaired) electrons. The first-order chi connectivity index (χ1) is 7.77. The van der Waals surface area contributed by atoms with Crippen LogP contribution in [0.5, 0.6) is 0 Å². The van der Waals surface area contributed by atoms with E-state index in [-0.39, 0.29) is 6.42 Å². The van der Waals surface area contributed by atoms with E-state index in [0.29, 0.717) is 0 Å². The summed E-state index contributed by atoms with van der Waals surface area (Å²) in [7, 11) is 0. The highest BCUT2D eigenvalue weighted by Gasteiger charge is 2.17. The summed E-state index contributed by atoms with van der Waals surface area (Å²) in [5.74, 6) is -0.693. The van der Waals surface area contributed by atoms with Gasteiger partial charge in [0.25, 0.3) is 0 Å². The Morgan fingerprint density at radius 2 is 2.12 bits per heavy atom. The normalized spacial score (nSPS) is 13.9. The van der Waals surface area contributed by atoms with Crippen LogP contribution < -0.4 is 4.90 Å². The second-order valence-corrected chi connectivity index (χ2v) is 4.22. The number of hydrogen-bond acceptors (Lipinski definition) is 2. The summed E-state index contributed by atoms with van der Waals surface area (Å²) in [5.41, 5.74) is 2.75. The van der Waals surface area contributed by atoms with Crippen LogP contribution in [0, 0.1) is 0 Å². The van der Waals surface area contributed by atoms with Crippen LogP contribution in [0.25, 0.3) is 0 Å². The van der Waals surface area contributed by atoms with Crippen LogP contribution in [-0.4, -0.2) is 24.2 Å². The summed E-state index contributed by atoms with van der Waals surface area (Å²) >= 11 is 0. The van der Waals surface area contributed by atoms with Gasteiger partial charge in [0.15, 0.2) is 0 Å². The van der Waals surface area contributed by atoms with Crippen molar-refractivity contribution in [3.05, 3.63) is 29.8 Å². The van der Waals surface area contributed by atoms with Crippen LogP contribution in [0.15, 0.2) is 24.3 Å². The maximum atomic E-state index is 10.4. The number of hydrogen-bond donors (Lipinski definition) is 1. The zero-order valence-corrected chi connectivity index (χ0v) is 9.35. The Labute approximate surface area is 95.7 Å². The minimum Gasteiger partial charge on any atom is -0.481 e. The summed E-state index contributed by atoms with van der Waals surface area (Å²) in [4.78, 5) is 12.7. The fourth-order valence-corrected chi connectivity index (χ4v) is 2.22. The Morgan fingerprint density at radius 1 is 1.31 bits per heavy atom. The van der Waals surface area contributed by atoms with Gasteiger partial charge in [0.05, 0.1) is 0 Å². The molecule has 0 aliphatic carbocycles. The van der Waals surface area contributed by atoms with Crippen molar-refractivity contribution in [2.45, 2.75) is 25.7 Å². The van der Waals surface area contributed by atoms with E-state index in [2.05, 4.69) is 29.2 Å². The predicted molar refractivity (Wildman–Crippen MR) is 63.8 cm³/mol. The van der Waals surface area contributed by atoms with Gasteiger partial charge >= 0.3 is 5.97 Å². The summed E-state index contributed by atoms with van der Waals surface area (Å²) in [6.45, 7) is 2.05. The zero-order valence-electron chi connectivity index (χ0n) is 9.35. The van der Waals surface area contributed by atoms with E-state index < -0.39 is 5.97 Å². The van der Waals surface area contributed by atoms with E-state index in [1.54, 1.807) is 0 Å². The Bertz CT molecular complexity index is 376. The summed E-state index contributed by atoms with van der Waals surface area (Å²) in [6, 6.07) is 8.47. The van der Waals surface area contributed by atoms with Crippen molar-refractivity contribution in [3.8, 4) is 0 Å².